The van der Waals surface area contributed by atoms with E-state index in [-0.39, 0.29) is 0 Å². The van der Waals surface area contributed by atoms with Crippen molar-refractivity contribution < 1.29 is 4.74 Å². The number of fused-ring (bicyclic) bond motifs is 1. The smallest absolute Gasteiger partial charge is 0.0905 e. The van der Waals surface area contributed by atoms with Crippen LogP contribution in [0, 0.1) is 0 Å². The molecule has 0 aliphatic heterocycles. The summed E-state index contributed by atoms with van der Waals surface area (Å²) in [7, 11) is 0. The van der Waals surface area contributed by atoms with Crippen molar-refractivity contribution in [2.24, 2.45) is 0 Å². The van der Waals surface area contributed by atoms with Crippen molar-refractivity contribution in [3.63, 3.8) is 0 Å². The Morgan fingerprint density at radius 1 is 1.05 bits per heavy atom. The zero-order chi connectivity index (χ0) is 15.2. The molecule has 0 aliphatic carbocycles. The van der Waals surface area contributed by atoms with E-state index in [4.69, 9.17) is 16.3 Å². The highest BCUT2D eigenvalue weighted by Crippen LogP contribution is 2.19. The van der Waals surface area contributed by atoms with E-state index in [9.17, 15) is 0 Å². The monoisotopic (exact) mass is 313 g/mol. The molecule has 2 heterocycles. The maximum atomic E-state index is 5.85. The van der Waals surface area contributed by atoms with Crippen LogP contribution in [-0.4, -0.2) is 23.1 Å². The minimum absolute atomic E-state index is 0.583. The van der Waals surface area contributed by atoms with Gasteiger partial charge in [-0.05, 0) is 29.8 Å². The molecule has 1 aromatic carbocycles. The highest BCUT2D eigenvalue weighted by molar-refractivity contribution is 6.30. The number of benzene rings is 1. The molecule has 3 aromatic rings. The largest absolute Gasteiger partial charge is 0.382 e. The van der Waals surface area contributed by atoms with Crippen LogP contribution in [0.2, 0.25) is 5.02 Å². The fourth-order valence-electron chi connectivity index (χ4n) is 2.18. The van der Waals surface area contributed by atoms with Crippen LogP contribution >= 0.6 is 11.6 Å². The third kappa shape index (κ3) is 3.72. The molecule has 0 atom stereocenters. The quantitative estimate of drug-likeness (QED) is 0.701. The molecule has 0 aliphatic rings. The zero-order valence-electron chi connectivity index (χ0n) is 12.0. The predicted octanol–water partition coefficient (Wildman–Crippen LogP) is 3.91. The van der Waals surface area contributed by atoms with Crippen LogP contribution in [0.1, 0.15) is 5.56 Å². The van der Waals surface area contributed by atoms with E-state index in [2.05, 4.69) is 15.3 Å². The van der Waals surface area contributed by atoms with E-state index in [1.54, 1.807) is 18.6 Å². The molecule has 0 unspecified atom stereocenters. The van der Waals surface area contributed by atoms with Crippen LogP contribution < -0.4 is 5.32 Å². The summed E-state index contributed by atoms with van der Waals surface area (Å²) >= 11 is 5.85. The molecular weight excluding hydrogens is 298 g/mol. The highest BCUT2D eigenvalue weighted by atomic mass is 35.5. The zero-order valence-corrected chi connectivity index (χ0v) is 12.8. The Kier molecular flexibility index (Phi) is 4.83. The Morgan fingerprint density at radius 2 is 1.91 bits per heavy atom. The molecule has 0 spiro atoms. The van der Waals surface area contributed by atoms with Crippen molar-refractivity contribution >= 4 is 28.2 Å². The van der Waals surface area contributed by atoms with Crippen LogP contribution in [0.15, 0.2) is 55.0 Å². The van der Waals surface area contributed by atoms with E-state index in [1.165, 1.54) is 0 Å². The summed E-state index contributed by atoms with van der Waals surface area (Å²) in [4.78, 5) is 8.37. The molecule has 0 radical (unpaired) electrons. The normalized spacial score (nSPS) is 10.8. The second-order valence-corrected chi connectivity index (χ2v) is 5.29. The van der Waals surface area contributed by atoms with Crippen LogP contribution in [0.5, 0.6) is 0 Å². The number of hydrogen-bond acceptors (Lipinski definition) is 4. The Hall–Kier alpha value is -2.17. The first-order valence-corrected chi connectivity index (χ1v) is 7.45. The molecule has 3 rings (SSSR count). The van der Waals surface area contributed by atoms with Crippen molar-refractivity contribution in [1.82, 2.24) is 9.97 Å². The standard InChI is InChI=1S/C17H16ClN3O/c18-14-3-1-13(2-4-14)12-22-10-9-21-16-6-8-20-17-11-19-7-5-15(16)17/h1-8,11H,9-10,12H2,(H,20,21). The molecule has 0 bridgehead atoms. The summed E-state index contributed by atoms with van der Waals surface area (Å²) in [5.74, 6) is 0. The highest BCUT2D eigenvalue weighted by Gasteiger charge is 2.00. The fraction of sp³-hybridized carbons (Fsp3) is 0.176. The fourth-order valence-corrected chi connectivity index (χ4v) is 2.31. The lowest BCUT2D eigenvalue weighted by molar-refractivity contribution is 0.130. The lowest BCUT2D eigenvalue weighted by atomic mass is 10.2. The van der Waals surface area contributed by atoms with E-state index < -0.39 is 0 Å². The van der Waals surface area contributed by atoms with Gasteiger partial charge in [0.15, 0.2) is 0 Å². The van der Waals surface area contributed by atoms with Gasteiger partial charge in [0.1, 0.15) is 0 Å². The van der Waals surface area contributed by atoms with Crippen molar-refractivity contribution in [3.8, 4) is 0 Å². The first-order valence-electron chi connectivity index (χ1n) is 7.08. The van der Waals surface area contributed by atoms with E-state index in [0.29, 0.717) is 13.2 Å². The summed E-state index contributed by atoms with van der Waals surface area (Å²) in [6.45, 7) is 1.94. The molecule has 2 aromatic heterocycles. The first-order chi connectivity index (χ1) is 10.8. The van der Waals surface area contributed by atoms with Crippen LogP contribution in [0.3, 0.4) is 0 Å². The molecule has 112 valence electrons. The number of halogens is 1. The summed E-state index contributed by atoms with van der Waals surface area (Å²) < 4.78 is 5.66. The minimum atomic E-state index is 0.583. The van der Waals surface area contributed by atoms with Gasteiger partial charge in [-0.2, -0.15) is 0 Å². The maximum Gasteiger partial charge on any atom is 0.0905 e. The molecule has 0 saturated heterocycles. The number of aromatic nitrogens is 2. The number of hydrogen-bond donors (Lipinski definition) is 1. The second-order valence-electron chi connectivity index (χ2n) is 4.86. The Bertz CT molecular complexity index is 741. The molecule has 22 heavy (non-hydrogen) atoms. The summed E-state index contributed by atoms with van der Waals surface area (Å²) in [6.07, 6.45) is 5.31. The number of rotatable bonds is 6. The third-order valence-electron chi connectivity index (χ3n) is 3.29. The Morgan fingerprint density at radius 3 is 2.77 bits per heavy atom. The Labute approximate surface area is 134 Å². The molecule has 5 heteroatoms. The summed E-state index contributed by atoms with van der Waals surface area (Å²) in [5, 5.41) is 5.17. The van der Waals surface area contributed by atoms with E-state index in [1.807, 2.05) is 36.4 Å². The van der Waals surface area contributed by atoms with Crippen LogP contribution in [0.4, 0.5) is 5.69 Å². The van der Waals surface area contributed by atoms with Gasteiger partial charge >= 0.3 is 0 Å². The molecule has 0 amide bonds. The van der Waals surface area contributed by atoms with E-state index in [0.717, 1.165) is 33.7 Å². The molecular formula is C17H16ClN3O. The van der Waals surface area contributed by atoms with Crippen molar-refractivity contribution in [2.75, 3.05) is 18.5 Å². The van der Waals surface area contributed by atoms with Crippen molar-refractivity contribution in [1.29, 1.82) is 0 Å². The van der Waals surface area contributed by atoms with Gasteiger partial charge in [0, 0.05) is 35.0 Å². The lowest BCUT2D eigenvalue weighted by Crippen LogP contribution is -2.09. The molecule has 4 nitrogen and oxygen atoms in total. The first kappa shape index (κ1) is 14.8. The number of nitrogens with zero attached hydrogens (tertiary/aromatic N) is 2. The van der Waals surface area contributed by atoms with Gasteiger partial charge in [0.25, 0.3) is 0 Å². The lowest BCUT2D eigenvalue weighted by Gasteiger charge is -2.09. The molecule has 1 N–H and O–H groups in total. The van der Waals surface area contributed by atoms with Gasteiger partial charge in [-0.1, -0.05) is 23.7 Å². The van der Waals surface area contributed by atoms with Gasteiger partial charge < -0.3 is 10.1 Å². The van der Waals surface area contributed by atoms with Gasteiger partial charge in [0.05, 0.1) is 24.9 Å². The van der Waals surface area contributed by atoms with Gasteiger partial charge in [-0.25, -0.2) is 0 Å². The summed E-state index contributed by atoms with van der Waals surface area (Å²) in [5.41, 5.74) is 3.04. The maximum absolute atomic E-state index is 5.85. The Balaban J connectivity index is 1.49. The third-order valence-corrected chi connectivity index (χ3v) is 3.54. The summed E-state index contributed by atoms with van der Waals surface area (Å²) in [6, 6.07) is 11.6. The predicted molar refractivity (Wildman–Crippen MR) is 89.1 cm³/mol. The molecule has 0 saturated carbocycles. The van der Waals surface area contributed by atoms with Gasteiger partial charge in [-0.15, -0.1) is 0 Å². The number of anilines is 1. The van der Waals surface area contributed by atoms with Gasteiger partial charge in [-0.3, -0.25) is 9.97 Å². The van der Waals surface area contributed by atoms with E-state index >= 15 is 0 Å². The minimum Gasteiger partial charge on any atom is -0.382 e. The van der Waals surface area contributed by atoms with Crippen LogP contribution in [0.25, 0.3) is 10.9 Å². The number of ether oxygens (including phenoxy) is 1. The number of pyridine rings is 2. The van der Waals surface area contributed by atoms with Crippen molar-refractivity contribution in [3.05, 3.63) is 65.6 Å². The van der Waals surface area contributed by atoms with Crippen LogP contribution in [-0.2, 0) is 11.3 Å². The number of nitrogens with one attached hydrogen (secondary N) is 1. The topological polar surface area (TPSA) is 47.0 Å². The van der Waals surface area contributed by atoms with Crippen molar-refractivity contribution in [2.45, 2.75) is 6.61 Å². The SMILES string of the molecule is Clc1ccc(COCCNc2ccnc3cnccc23)cc1. The molecule has 0 fully saturated rings. The average molecular weight is 314 g/mol. The average Bonchev–Trinajstić information content (AvgIpc) is 2.56. The second kappa shape index (κ2) is 7.20. The van der Waals surface area contributed by atoms with Gasteiger partial charge in [0.2, 0.25) is 0 Å².